The van der Waals surface area contributed by atoms with E-state index in [9.17, 15) is 4.79 Å². The predicted octanol–water partition coefficient (Wildman–Crippen LogP) is 2.96. The van der Waals surface area contributed by atoms with Crippen molar-refractivity contribution in [1.82, 2.24) is 15.5 Å². The maximum atomic E-state index is 12.6. The van der Waals surface area contributed by atoms with Crippen LogP contribution >= 0.6 is 0 Å². The van der Waals surface area contributed by atoms with Crippen LogP contribution in [0, 0.1) is 0 Å². The van der Waals surface area contributed by atoms with E-state index in [1.54, 1.807) is 12.5 Å². The number of hydrogen-bond donors (Lipinski definition) is 2. The minimum atomic E-state index is -0.0797. The summed E-state index contributed by atoms with van der Waals surface area (Å²) in [5, 5.41) is 10.9. The molecule has 0 radical (unpaired) electrons. The summed E-state index contributed by atoms with van der Waals surface area (Å²) in [6, 6.07) is 7.60. The maximum Gasteiger partial charge on any atom is 0.253 e. The third-order valence-corrected chi connectivity index (χ3v) is 4.08. The van der Waals surface area contributed by atoms with Gasteiger partial charge in [-0.05, 0) is 25.0 Å². The Morgan fingerprint density at radius 1 is 1.38 bits per heavy atom. The monoisotopic (exact) mass is 281 g/mol. The highest BCUT2D eigenvalue weighted by molar-refractivity contribution is 6.05. The van der Waals surface area contributed by atoms with Gasteiger partial charge in [-0.2, -0.15) is 5.10 Å². The van der Waals surface area contributed by atoms with Gasteiger partial charge in [0.25, 0.3) is 5.91 Å². The number of aryl methyl sites for hydroxylation is 1. The van der Waals surface area contributed by atoms with Gasteiger partial charge in [0.05, 0.1) is 29.6 Å². The Balaban J connectivity index is 1.64. The number of carbonyl (C=O) groups is 1. The zero-order chi connectivity index (χ0) is 14.2. The summed E-state index contributed by atoms with van der Waals surface area (Å²) >= 11 is 0. The van der Waals surface area contributed by atoms with Crippen LogP contribution in [0.5, 0.6) is 0 Å². The standard InChI is InChI=1S/C16H15N3O2/c20-16(12-4-1-3-10-9-17-19-15(10)12)18-13-5-2-6-14-11(13)7-8-21-14/h1,3-4,7-9,13H,2,5-6H2,(H,17,19)(H,18,20). The van der Waals surface area contributed by atoms with E-state index in [1.165, 1.54) is 0 Å². The van der Waals surface area contributed by atoms with Crippen LogP contribution in [0.4, 0.5) is 0 Å². The van der Waals surface area contributed by atoms with Crippen molar-refractivity contribution in [3.8, 4) is 0 Å². The zero-order valence-corrected chi connectivity index (χ0v) is 11.4. The Hall–Kier alpha value is -2.56. The lowest BCUT2D eigenvalue weighted by Crippen LogP contribution is -2.30. The average Bonchev–Trinajstić information content (AvgIpc) is 3.15. The molecule has 3 aromatic rings. The Morgan fingerprint density at radius 2 is 2.33 bits per heavy atom. The first kappa shape index (κ1) is 12.2. The molecule has 106 valence electrons. The number of fused-ring (bicyclic) bond motifs is 2. The fraction of sp³-hybridized carbons (Fsp3) is 0.250. The first-order chi connectivity index (χ1) is 10.3. The van der Waals surface area contributed by atoms with Crippen molar-refractivity contribution < 1.29 is 9.21 Å². The molecular formula is C16H15N3O2. The first-order valence-corrected chi connectivity index (χ1v) is 7.12. The summed E-state index contributed by atoms with van der Waals surface area (Å²) in [7, 11) is 0. The molecule has 5 nitrogen and oxygen atoms in total. The van der Waals surface area contributed by atoms with Gasteiger partial charge >= 0.3 is 0 Å². The fourth-order valence-electron chi connectivity index (χ4n) is 3.03. The molecule has 0 saturated carbocycles. The molecule has 1 aliphatic rings. The predicted molar refractivity (Wildman–Crippen MR) is 77.9 cm³/mol. The number of hydrogen-bond acceptors (Lipinski definition) is 3. The van der Waals surface area contributed by atoms with Gasteiger partial charge in [-0.1, -0.05) is 12.1 Å². The highest BCUT2D eigenvalue weighted by Gasteiger charge is 2.25. The van der Waals surface area contributed by atoms with Crippen LogP contribution in [0.25, 0.3) is 10.9 Å². The molecule has 0 spiro atoms. The summed E-state index contributed by atoms with van der Waals surface area (Å²) in [6.07, 6.45) is 6.34. The number of carbonyl (C=O) groups excluding carboxylic acids is 1. The van der Waals surface area contributed by atoms with Crippen molar-refractivity contribution >= 4 is 16.8 Å². The largest absolute Gasteiger partial charge is 0.469 e. The molecule has 4 rings (SSSR count). The molecular weight excluding hydrogens is 266 g/mol. The van der Waals surface area contributed by atoms with Crippen LogP contribution in [0.15, 0.2) is 41.1 Å². The Bertz CT molecular complexity index is 803. The minimum absolute atomic E-state index is 0.0261. The van der Waals surface area contributed by atoms with Crippen molar-refractivity contribution in [2.75, 3.05) is 0 Å². The molecule has 0 saturated heterocycles. The normalized spacial score (nSPS) is 17.6. The number of benzene rings is 1. The van der Waals surface area contributed by atoms with Crippen LogP contribution in [-0.2, 0) is 6.42 Å². The number of rotatable bonds is 2. The number of nitrogens with one attached hydrogen (secondary N) is 2. The molecule has 2 aromatic heterocycles. The topological polar surface area (TPSA) is 70.9 Å². The van der Waals surface area contributed by atoms with E-state index in [1.807, 2.05) is 24.3 Å². The van der Waals surface area contributed by atoms with Crippen LogP contribution in [0.1, 0.15) is 40.6 Å². The smallest absolute Gasteiger partial charge is 0.253 e. The lowest BCUT2D eigenvalue weighted by atomic mass is 9.93. The Kier molecular flexibility index (Phi) is 2.77. The van der Waals surface area contributed by atoms with E-state index < -0.39 is 0 Å². The number of H-pyrrole nitrogens is 1. The van der Waals surface area contributed by atoms with E-state index in [0.29, 0.717) is 5.56 Å². The third kappa shape index (κ3) is 2.01. The van der Waals surface area contributed by atoms with Crippen molar-refractivity contribution in [3.05, 3.63) is 53.6 Å². The zero-order valence-electron chi connectivity index (χ0n) is 11.4. The highest BCUT2D eigenvalue weighted by Crippen LogP contribution is 2.30. The molecule has 1 aliphatic carbocycles. The van der Waals surface area contributed by atoms with Gasteiger partial charge in [0, 0.05) is 17.4 Å². The van der Waals surface area contributed by atoms with Gasteiger partial charge in [0.1, 0.15) is 5.76 Å². The second kappa shape index (κ2) is 4.77. The van der Waals surface area contributed by atoms with Crippen molar-refractivity contribution in [1.29, 1.82) is 0 Å². The lowest BCUT2D eigenvalue weighted by molar-refractivity contribution is 0.0933. The maximum absolute atomic E-state index is 12.6. The molecule has 1 unspecified atom stereocenters. The summed E-state index contributed by atoms with van der Waals surface area (Å²) in [4.78, 5) is 12.6. The second-order valence-electron chi connectivity index (χ2n) is 5.36. The van der Waals surface area contributed by atoms with Gasteiger partial charge in [-0.15, -0.1) is 0 Å². The van der Waals surface area contributed by atoms with E-state index in [0.717, 1.165) is 41.5 Å². The van der Waals surface area contributed by atoms with Crippen LogP contribution in [0.2, 0.25) is 0 Å². The molecule has 0 aliphatic heterocycles. The van der Waals surface area contributed by atoms with E-state index in [-0.39, 0.29) is 11.9 Å². The number of furan rings is 1. The summed E-state index contributed by atoms with van der Waals surface area (Å²) in [5.74, 6) is 0.912. The van der Waals surface area contributed by atoms with Crippen LogP contribution in [-0.4, -0.2) is 16.1 Å². The molecule has 1 amide bonds. The number of amides is 1. The Labute approximate surface area is 121 Å². The number of nitrogens with zero attached hydrogens (tertiary/aromatic N) is 1. The van der Waals surface area contributed by atoms with Gasteiger partial charge < -0.3 is 9.73 Å². The first-order valence-electron chi connectivity index (χ1n) is 7.12. The molecule has 1 aromatic carbocycles. The number of aromatic amines is 1. The van der Waals surface area contributed by atoms with Gasteiger partial charge in [0.2, 0.25) is 0 Å². The van der Waals surface area contributed by atoms with Gasteiger partial charge in [-0.3, -0.25) is 9.89 Å². The SMILES string of the molecule is O=C(NC1CCCc2occc21)c1cccc2cn[nH]c12. The number of para-hydroxylation sites is 1. The molecule has 0 fully saturated rings. The van der Waals surface area contributed by atoms with Gasteiger partial charge in [0.15, 0.2) is 0 Å². The van der Waals surface area contributed by atoms with Crippen molar-refractivity contribution in [2.45, 2.75) is 25.3 Å². The van der Waals surface area contributed by atoms with Crippen molar-refractivity contribution in [3.63, 3.8) is 0 Å². The Morgan fingerprint density at radius 3 is 3.29 bits per heavy atom. The third-order valence-electron chi connectivity index (χ3n) is 4.08. The molecule has 5 heteroatoms. The van der Waals surface area contributed by atoms with E-state index in [2.05, 4.69) is 15.5 Å². The summed E-state index contributed by atoms with van der Waals surface area (Å²) < 4.78 is 5.46. The summed E-state index contributed by atoms with van der Waals surface area (Å²) in [6.45, 7) is 0. The summed E-state index contributed by atoms with van der Waals surface area (Å²) in [5.41, 5.74) is 2.50. The second-order valence-corrected chi connectivity index (χ2v) is 5.36. The van der Waals surface area contributed by atoms with Crippen LogP contribution < -0.4 is 5.32 Å². The number of aromatic nitrogens is 2. The minimum Gasteiger partial charge on any atom is -0.469 e. The highest BCUT2D eigenvalue weighted by atomic mass is 16.3. The average molecular weight is 281 g/mol. The lowest BCUT2D eigenvalue weighted by Gasteiger charge is -2.22. The molecule has 1 atom stereocenters. The van der Waals surface area contributed by atoms with Gasteiger partial charge in [-0.25, -0.2) is 0 Å². The fourth-order valence-corrected chi connectivity index (χ4v) is 3.03. The molecule has 21 heavy (non-hydrogen) atoms. The van der Waals surface area contributed by atoms with E-state index in [4.69, 9.17) is 4.42 Å². The quantitative estimate of drug-likeness (QED) is 0.758. The van der Waals surface area contributed by atoms with E-state index >= 15 is 0 Å². The van der Waals surface area contributed by atoms with Crippen molar-refractivity contribution in [2.24, 2.45) is 0 Å². The molecule has 2 heterocycles. The van der Waals surface area contributed by atoms with Crippen LogP contribution in [0.3, 0.4) is 0 Å². The molecule has 0 bridgehead atoms. The molecule has 2 N–H and O–H groups in total.